The molecule has 1 fully saturated rings. The molecule has 1 aliphatic rings. The van der Waals surface area contributed by atoms with E-state index >= 15 is 0 Å². The molecule has 2 unspecified atom stereocenters. The predicted molar refractivity (Wildman–Crippen MR) is 68.3 cm³/mol. The Morgan fingerprint density at radius 2 is 2.22 bits per heavy atom. The van der Waals surface area contributed by atoms with Crippen molar-refractivity contribution in [3.63, 3.8) is 0 Å². The van der Waals surface area contributed by atoms with Gasteiger partial charge in [0, 0.05) is 31.1 Å². The Kier molecular flexibility index (Phi) is 2.76. The van der Waals surface area contributed by atoms with E-state index in [4.69, 9.17) is 5.73 Å². The van der Waals surface area contributed by atoms with Gasteiger partial charge in [0.1, 0.15) is 12.2 Å². The third-order valence-electron chi connectivity index (χ3n) is 3.44. The van der Waals surface area contributed by atoms with E-state index in [0.29, 0.717) is 5.92 Å². The van der Waals surface area contributed by atoms with Crippen LogP contribution in [0, 0.1) is 6.92 Å². The second-order valence-electron chi connectivity index (χ2n) is 5.19. The minimum Gasteiger partial charge on any atom is -0.327 e. The molecule has 0 amide bonds. The van der Waals surface area contributed by atoms with E-state index < -0.39 is 0 Å². The Hall–Kier alpha value is -1.53. The van der Waals surface area contributed by atoms with E-state index in [1.807, 2.05) is 13.0 Å². The molecule has 3 rings (SSSR count). The van der Waals surface area contributed by atoms with Crippen LogP contribution in [0.4, 0.5) is 0 Å². The van der Waals surface area contributed by atoms with Gasteiger partial charge in [0.05, 0.1) is 5.69 Å². The summed E-state index contributed by atoms with van der Waals surface area (Å²) in [5.74, 6) is 1.16. The molecule has 1 aliphatic heterocycles. The first-order valence-electron chi connectivity index (χ1n) is 6.25. The Labute approximate surface area is 106 Å². The largest absolute Gasteiger partial charge is 0.327 e. The number of aryl methyl sites for hydroxylation is 1. The van der Waals surface area contributed by atoms with Crippen molar-refractivity contribution in [2.45, 2.75) is 25.3 Å². The van der Waals surface area contributed by atoms with Gasteiger partial charge in [0.2, 0.25) is 0 Å². The van der Waals surface area contributed by atoms with Gasteiger partial charge in [0.25, 0.3) is 0 Å². The fourth-order valence-corrected chi connectivity index (χ4v) is 2.72. The monoisotopic (exact) mass is 246 g/mol. The average Bonchev–Trinajstić information content (AvgIpc) is 2.66. The van der Waals surface area contributed by atoms with Gasteiger partial charge in [-0.05, 0) is 20.4 Å². The van der Waals surface area contributed by atoms with Gasteiger partial charge in [-0.1, -0.05) is 0 Å². The number of likely N-dealkylation sites (N-methyl/N-ethyl adjacent to an activating group) is 1. The zero-order valence-corrected chi connectivity index (χ0v) is 10.7. The van der Waals surface area contributed by atoms with Crippen LogP contribution >= 0.6 is 0 Å². The van der Waals surface area contributed by atoms with Crippen LogP contribution in [0.5, 0.6) is 0 Å². The number of rotatable bonds is 1. The molecule has 2 aromatic heterocycles. The minimum atomic E-state index is 0.228. The average molecular weight is 246 g/mol. The molecule has 6 nitrogen and oxygen atoms in total. The standard InChI is InChI=1S/C12H18N6/c1-8-15-12-4-11(14-7-18(12)16-8)9-3-10(13)6-17(2)5-9/h4,7,9-10H,3,5-6,13H2,1-2H3. The SMILES string of the molecule is Cc1nc2cc(C3CC(N)CN(C)C3)ncn2n1. The number of piperidine rings is 1. The summed E-state index contributed by atoms with van der Waals surface area (Å²) < 4.78 is 1.71. The number of nitrogens with two attached hydrogens (primary N) is 1. The molecular weight excluding hydrogens is 228 g/mol. The number of hydrogen-bond acceptors (Lipinski definition) is 5. The van der Waals surface area contributed by atoms with Gasteiger partial charge < -0.3 is 10.6 Å². The van der Waals surface area contributed by atoms with E-state index in [0.717, 1.165) is 36.7 Å². The number of fused-ring (bicyclic) bond motifs is 1. The molecular formula is C12H18N6. The highest BCUT2D eigenvalue weighted by Crippen LogP contribution is 2.24. The predicted octanol–water partition coefficient (Wildman–Crippen LogP) is 0.179. The first kappa shape index (κ1) is 11.6. The maximum Gasteiger partial charge on any atom is 0.159 e. The fraction of sp³-hybridized carbons (Fsp3) is 0.583. The van der Waals surface area contributed by atoms with Crippen LogP contribution in [-0.4, -0.2) is 50.7 Å². The molecule has 0 aliphatic carbocycles. The summed E-state index contributed by atoms with van der Waals surface area (Å²) in [6, 6.07) is 2.25. The van der Waals surface area contributed by atoms with Gasteiger partial charge in [-0.2, -0.15) is 5.10 Å². The number of aromatic nitrogens is 4. The van der Waals surface area contributed by atoms with Gasteiger partial charge in [-0.3, -0.25) is 0 Å². The highest BCUT2D eigenvalue weighted by atomic mass is 15.3. The van der Waals surface area contributed by atoms with E-state index in [1.54, 1.807) is 10.8 Å². The summed E-state index contributed by atoms with van der Waals surface area (Å²) in [4.78, 5) is 11.1. The van der Waals surface area contributed by atoms with Crippen LogP contribution in [0.3, 0.4) is 0 Å². The van der Waals surface area contributed by atoms with Crippen molar-refractivity contribution in [3.05, 3.63) is 23.9 Å². The molecule has 2 N–H and O–H groups in total. The van der Waals surface area contributed by atoms with Crippen molar-refractivity contribution in [2.75, 3.05) is 20.1 Å². The molecule has 0 bridgehead atoms. The fourth-order valence-electron chi connectivity index (χ4n) is 2.72. The zero-order valence-electron chi connectivity index (χ0n) is 10.7. The second kappa shape index (κ2) is 4.29. The Morgan fingerprint density at radius 1 is 1.39 bits per heavy atom. The van der Waals surface area contributed by atoms with Crippen molar-refractivity contribution in [2.24, 2.45) is 5.73 Å². The quantitative estimate of drug-likeness (QED) is 0.777. The lowest BCUT2D eigenvalue weighted by Gasteiger charge is -2.33. The molecule has 2 atom stereocenters. The van der Waals surface area contributed by atoms with Crippen molar-refractivity contribution in [1.29, 1.82) is 0 Å². The van der Waals surface area contributed by atoms with Crippen molar-refractivity contribution in [3.8, 4) is 0 Å². The van der Waals surface area contributed by atoms with Crippen LogP contribution < -0.4 is 5.73 Å². The van der Waals surface area contributed by atoms with Crippen LogP contribution in [-0.2, 0) is 0 Å². The number of hydrogen-bond donors (Lipinski definition) is 1. The molecule has 0 saturated carbocycles. The third-order valence-corrected chi connectivity index (χ3v) is 3.44. The van der Waals surface area contributed by atoms with Crippen molar-refractivity contribution >= 4 is 5.65 Å². The topological polar surface area (TPSA) is 72.3 Å². The molecule has 2 aromatic rings. The number of likely N-dealkylation sites (tertiary alicyclic amines) is 1. The van der Waals surface area contributed by atoms with E-state index in [2.05, 4.69) is 27.0 Å². The van der Waals surface area contributed by atoms with Crippen LogP contribution in [0.25, 0.3) is 5.65 Å². The highest BCUT2D eigenvalue weighted by molar-refractivity contribution is 5.38. The van der Waals surface area contributed by atoms with E-state index in [9.17, 15) is 0 Å². The first-order valence-corrected chi connectivity index (χ1v) is 6.25. The maximum absolute atomic E-state index is 6.07. The Balaban J connectivity index is 1.93. The van der Waals surface area contributed by atoms with Crippen LogP contribution in [0.1, 0.15) is 23.9 Å². The van der Waals surface area contributed by atoms with Gasteiger partial charge >= 0.3 is 0 Å². The molecule has 96 valence electrons. The van der Waals surface area contributed by atoms with Gasteiger partial charge in [0.15, 0.2) is 5.65 Å². The second-order valence-corrected chi connectivity index (χ2v) is 5.19. The first-order chi connectivity index (χ1) is 8.61. The summed E-state index contributed by atoms with van der Waals surface area (Å²) in [6.45, 7) is 3.85. The van der Waals surface area contributed by atoms with Crippen molar-refractivity contribution in [1.82, 2.24) is 24.5 Å². The summed E-state index contributed by atoms with van der Waals surface area (Å²) in [5.41, 5.74) is 7.99. The molecule has 3 heterocycles. The normalized spacial score (nSPS) is 25.7. The molecule has 0 aromatic carbocycles. The lowest BCUT2D eigenvalue weighted by Crippen LogP contribution is -2.44. The van der Waals surface area contributed by atoms with E-state index in [-0.39, 0.29) is 6.04 Å². The third kappa shape index (κ3) is 2.09. The van der Waals surface area contributed by atoms with Crippen molar-refractivity contribution < 1.29 is 0 Å². The Bertz CT molecular complexity index is 553. The molecule has 0 radical (unpaired) electrons. The molecule has 0 spiro atoms. The van der Waals surface area contributed by atoms with E-state index in [1.165, 1.54) is 0 Å². The Morgan fingerprint density at radius 3 is 3.00 bits per heavy atom. The smallest absolute Gasteiger partial charge is 0.159 e. The lowest BCUT2D eigenvalue weighted by atomic mass is 9.92. The maximum atomic E-state index is 6.07. The number of nitrogens with zero attached hydrogens (tertiary/aromatic N) is 5. The summed E-state index contributed by atoms with van der Waals surface area (Å²) in [5, 5.41) is 4.24. The van der Waals surface area contributed by atoms with Gasteiger partial charge in [-0.15, -0.1) is 0 Å². The minimum absolute atomic E-state index is 0.228. The summed E-state index contributed by atoms with van der Waals surface area (Å²) in [6.07, 6.45) is 2.73. The van der Waals surface area contributed by atoms with Gasteiger partial charge in [-0.25, -0.2) is 14.5 Å². The highest BCUT2D eigenvalue weighted by Gasteiger charge is 2.25. The molecule has 6 heteroatoms. The molecule has 1 saturated heterocycles. The lowest BCUT2D eigenvalue weighted by molar-refractivity contribution is 0.225. The summed E-state index contributed by atoms with van der Waals surface area (Å²) >= 11 is 0. The zero-order chi connectivity index (χ0) is 12.7. The van der Waals surface area contributed by atoms with Crippen LogP contribution in [0.15, 0.2) is 12.4 Å². The molecule has 18 heavy (non-hydrogen) atoms. The van der Waals surface area contributed by atoms with Crippen LogP contribution in [0.2, 0.25) is 0 Å². The summed E-state index contributed by atoms with van der Waals surface area (Å²) in [7, 11) is 2.10.